The van der Waals surface area contributed by atoms with Crippen molar-refractivity contribution in [3.63, 3.8) is 0 Å². The lowest BCUT2D eigenvalue weighted by molar-refractivity contribution is -0.118. The van der Waals surface area contributed by atoms with E-state index in [1.165, 1.54) is 0 Å². The first-order valence-corrected chi connectivity index (χ1v) is 7.70. The zero-order valence-electron chi connectivity index (χ0n) is 11.2. The van der Waals surface area contributed by atoms with Crippen LogP contribution in [0.15, 0.2) is 24.3 Å². The van der Waals surface area contributed by atoms with Gasteiger partial charge in [-0.2, -0.15) is 0 Å². The summed E-state index contributed by atoms with van der Waals surface area (Å²) in [5, 5.41) is 0. The van der Waals surface area contributed by atoms with E-state index in [2.05, 4.69) is 4.72 Å². The van der Waals surface area contributed by atoms with Crippen molar-refractivity contribution in [2.75, 3.05) is 18.1 Å². The molecule has 1 aromatic rings. The SMILES string of the molecule is CC(CC(N)=O)NS(=O)(=O)CCOc1ccc(N)cc1. The van der Waals surface area contributed by atoms with Crippen LogP contribution in [0.4, 0.5) is 5.69 Å². The smallest absolute Gasteiger partial charge is 0.219 e. The highest BCUT2D eigenvalue weighted by Gasteiger charge is 2.16. The number of benzene rings is 1. The lowest BCUT2D eigenvalue weighted by atomic mass is 10.2. The van der Waals surface area contributed by atoms with Gasteiger partial charge in [0.2, 0.25) is 15.9 Å². The average Bonchev–Trinajstić information content (AvgIpc) is 2.29. The molecule has 0 aromatic heterocycles. The Morgan fingerprint density at radius 3 is 2.50 bits per heavy atom. The van der Waals surface area contributed by atoms with Crippen molar-refractivity contribution in [2.24, 2.45) is 5.73 Å². The number of rotatable bonds is 8. The Labute approximate surface area is 118 Å². The number of sulfonamides is 1. The molecule has 1 unspecified atom stereocenters. The summed E-state index contributed by atoms with van der Waals surface area (Å²) in [4.78, 5) is 10.7. The van der Waals surface area contributed by atoms with Crippen molar-refractivity contribution in [1.29, 1.82) is 0 Å². The number of hydrogen-bond donors (Lipinski definition) is 3. The van der Waals surface area contributed by atoms with Gasteiger partial charge in [-0.05, 0) is 31.2 Å². The van der Waals surface area contributed by atoms with Gasteiger partial charge in [0, 0.05) is 18.2 Å². The second kappa shape index (κ2) is 7.11. The first-order chi connectivity index (χ1) is 9.28. The maximum atomic E-state index is 11.7. The molecule has 0 bridgehead atoms. The van der Waals surface area contributed by atoms with E-state index in [9.17, 15) is 13.2 Å². The summed E-state index contributed by atoms with van der Waals surface area (Å²) in [7, 11) is -3.51. The second-order valence-corrected chi connectivity index (χ2v) is 6.30. The largest absolute Gasteiger partial charge is 0.492 e. The molecule has 0 saturated carbocycles. The number of hydrogen-bond acceptors (Lipinski definition) is 5. The highest BCUT2D eigenvalue weighted by atomic mass is 32.2. The van der Waals surface area contributed by atoms with E-state index < -0.39 is 22.0 Å². The Bertz CT molecular complexity index is 542. The fraction of sp³-hybridized carbons (Fsp3) is 0.417. The molecule has 1 rings (SSSR count). The number of ether oxygens (including phenoxy) is 1. The van der Waals surface area contributed by atoms with Crippen molar-refractivity contribution in [1.82, 2.24) is 4.72 Å². The van der Waals surface area contributed by atoms with Gasteiger partial charge < -0.3 is 16.2 Å². The van der Waals surface area contributed by atoms with Crippen molar-refractivity contribution in [3.8, 4) is 5.75 Å². The van der Waals surface area contributed by atoms with E-state index >= 15 is 0 Å². The molecule has 5 N–H and O–H groups in total. The molecular weight excluding hydrogens is 282 g/mol. The number of primary amides is 1. The number of amides is 1. The van der Waals surface area contributed by atoms with Crippen LogP contribution in [0.1, 0.15) is 13.3 Å². The molecule has 1 atom stereocenters. The molecular formula is C12H19N3O4S. The maximum absolute atomic E-state index is 11.7. The van der Waals surface area contributed by atoms with E-state index in [1.807, 2.05) is 0 Å². The molecule has 0 aliphatic carbocycles. The van der Waals surface area contributed by atoms with Gasteiger partial charge in [0.05, 0.1) is 5.75 Å². The monoisotopic (exact) mass is 301 g/mol. The standard InChI is InChI=1S/C12H19N3O4S/c1-9(8-12(14)16)15-20(17,18)7-6-19-11-4-2-10(13)3-5-11/h2-5,9,15H,6-8,13H2,1H3,(H2,14,16). The summed E-state index contributed by atoms with van der Waals surface area (Å²) < 4.78 is 31.1. The zero-order chi connectivity index (χ0) is 15.2. The minimum Gasteiger partial charge on any atom is -0.492 e. The molecule has 0 heterocycles. The number of nitrogens with one attached hydrogen (secondary N) is 1. The number of carbonyl (C=O) groups excluding carboxylic acids is 1. The van der Waals surface area contributed by atoms with Crippen LogP contribution in [0, 0.1) is 0 Å². The summed E-state index contributed by atoms with van der Waals surface area (Å²) in [6, 6.07) is 6.11. The molecule has 0 spiro atoms. The molecule has 112 valence electrons. The lowest BCUT2D eigenvalue weighted by Crippen LogP contribution is -2.38. The summed E-state index contributed by atoms with van der Waals surface area (Å²) >= 11 is 0. The normalized spacial score (nSPS) is 12.8. The predicted octanol–water partition coefficient (Wildman–Crippen LogP) is -0.169. The van der Waals surface area contributed by atoms with Crippen molar-refractivity contribution >= 4 is 21.6 Å². The molecule has 1 amide bonds. The van der Waals surface area contributed by atoms with Gasteiger partial charge in [-0.15, -0.1) is 0 Å². The number of nitrogen functional groups attached to an aromatic ring is 1. The molecule has 0 saturated heterocycles. The fourth-order valence-electron chi connectivity index (χ4n) is 1.54. The van der Waals surface area contributed by atoms with Crippen LogP contribution in [0.5, 0.6) is 5.75 Å². The Morgan fingerprint density at radius 2 is 1.95 bits per heavy atom. The first-order valence-electron chi connectivity index (χ1n) is 6.05. The maximum Gasteiger partial charge on any atom is 0.219 e. The number of anilines is 1. The molecule has 20 heavy (non-hydrogen) atoms. The van der Waals surface area contributed by atoms with Gasteiger partial charge in [-0.3, -0.25) is 4.79 Å². The van der Waals surface area contributed by atoms with Gasteiger partial charge in [0.15, 0.2) is 0 Å². The van der Waals surface area contributed by atoms with Crippen molar-refractivity contribution in [3.05, 3.63) is 24.3 Å². The predicted molar refractivity (Wildman–Crippen MR) is 76.5 cm³/mol. The van der Waals surface area contributed by atoms with Crippen LogP contribution >= 0.6 is 0 Å². The summed E-state index contributed by atoms with van der Waals surface area (Å²) in [5.41, 5.74) is 11.1. The molecule has 1 aromatic carbocycles. The minimum atomic E-state index is -3.51. The van der Waals surface area contributed by atoms with Crippen molar-refractivity contribution < 1.29 is 17.9 Å². The van der Waals surface area contributed by atoms with Crippen LogP contribution in [0.2, 0.25) is 0 Å². The first kappa shape index (κ1) is 16.3. The molecule has 8 heteroatoms. The molecule has 0 aliphatic heterocycles. The number of nitrogens with two attached hydrogens (primary N) is 2. The summed E-state index contributed by atoms with van der Waals surface area (Å²) in [5.74, 6) is -0.224. The third-order valence-electron chi connectivity index (χ3n) is 2.39. The highest BCUT2D eigenvalue weighted by molar-refractivity contribution is 7.89. The van der Waals surface area contributed by atoms with Crippen LogP contribution < -0.4 is 20.9 Å². The van der Waals surface area contributed by atoms with Crippen molar-refractivity contribution in [2.45, 2.75) is 19.4 Å². The molecule has 0 fully saturated rings. The Morgan fingerprint density at radius 1 is 1.35 bits per heavy atom. The molecule has 7 nitrogen and oxygen atoms in total. The number of carbonyl (C=O) groups is 1. The van der Waals surface area contributed by atoms with Gasteiger partial charge in [0.25, 0.3) is 0 Å². The highest BCUT2D eigenvalue weighted by Crippen LogP contribution is 2.12. The van der Waals surface area contributed by atoms with E-state index in [0.717, 1.165) is 0 Å². The zero-order valence-corrected chi connectivity index (χ0v) is 12.0. The topological polar surface area (TPSA) is 125 Å². The van der Waals surface area contributed by atoms with E-state index in [4.69, 9.17) is 16.2 Å². The summed E-state index contributed by atoms with van der Waals surface area (Å²) in [6.07, 6.45) is -0.0436. The Hall–Kier alpha value is -1.80. The molecule has 0 radical (unpaired) electrons. The van der Waals surface area contributed by atoms with Gasteiger partial charge >= 0.3 is 0 Å². The van der Waals surface area contributed by atoms with Crippen LogP contribution in [0.3, 0.4) is 0 Å². The minimum absolute atomic E-state index is 0.00252. The summed E-state index contributed by atoms with van der Waals surface area (Å²) in [6.45, 7) is 1.58. The van der Waals surface area contributed by atoms with Gasteiger partial charge in [-0.25, -0.2) is 13.1 Å². The third-order valence-corrected chi connectivity index (χ3v) is 3.85. The Kier molecular flexibility index (Phi) is 5.78. The lowest BCUT2D eigenvalue weighted by Gasteiger charge is -2.13. The third kappa shape index (κ3) is 6.39. The quantitative estimate of drug-likeness (QED) is 0.575. The van der Waals surface area contributed by atoms with Gasteiger partial charge in [0.1, 0.15) is 12.4 Å². The second-order valence-electron chi connectivity index (χ2n) is 4.43. The van der Waals surface area contributed by atoms with E-state index in [0.29, 0.717) is 11.4 Å². The Balaban J connectivity index is 2.39. The van der Waals surface area contributed by atoms with Gasteiger partial charge in [-0.1, -0.05) is 0 Å². The van der Waals surface area contributed by atoms with E-state index in [-0.39, 0.29) is 18.8 Å². The average molecular weight is 301 g/mol. The van der Waals surface area contributed by atoms with Crippen LogP contribution in [0.25, 0.3) is 0 Å². The van der Waals surface area contributed by atoms with E-state index in [1.54, 1.807) is 31.2 Å². The fourth-order valence-corrected chi connectivity index (χ4v) is 2.66. The van der Waals surface area contributed by atoms with Crippen LogP contribution in [-0.4, -0.2) is 32.7 Å². The molecule has 0 aliphatic rings. The van der Waals surface area contributed by atoms with Crippen LogP contribution in [-0.2, 0) is 14.8 Å².